The molecule has 0 unspecified atom stereocenters. The van der Waals surface area contributed by atoms with Gasteiger partial charge in [0.05, 0.1) is 0 Å². The molecule has 0 bridgehead atoms. The number of carbonyl (C=O) groups is 1. The van der Waals surface area contributed by atoms with Crippen LogP contribution in [0.3, 0.4) is 0 Å². The number of hydrogen-bond donors (Lipinski definition) is 0. The first-order chi connectivity index (χ1) is 4.83. The molecule has 0 atom stereocenters. The molecule has 64 valence electrons. The van der Waals surface area contributed by atoms with E-state index in [0.717, 1.165) is 0 Å². The first-order valence-corrected chi connectivity index (χ1v) is 2.46. The van der Waals surface area contributed by atoms with Crippen molar-refractivity contribution >= 4 is 5.97 Å². The number of ether oxygens (including phenoxy) is 2. The minimum Gasteiger partial charge on any atom is -0.450 e. The van der Waals surface area contributed by atoms with Gasteiger partial charge in [0.25, 0.3) is 0 Å². The molecule has 7 heteroatoms. The lowest BCUT2D eigenvalue weighted by atomic mass is 10.5. The second-order valence-electron chi connectivity index (χ2n) is 1.83. The van der Waals surface area contributed by atoms with Gasteiger partial charge in [-0.3, -0.25) is 0 Å². The van der Waals surface area contributed by atoms with E-state index >= 15 is 0 Å². The number of esters is 1. The molecule has 1 aliphatic rings. The first-order valence-electron chi connectivity index (χ1n) is 2.46. The van der Waals surface area contributed by atoms with Crippen LogP contribution in [0.4, 0.5) is 17.6 Å². The largest absolute Gasteiger partial charge is 0.460 e. The fraction of sp³-hybridized carbons (Fsp3) is 0.750. The third kappa shape index (κ3) is 1.59. The summed E-state index contributed by atoms with van der Waals surface area (Å²) in [4.78, 5) is 9.97. The Balaban J connectivity index is 2.75. The summed E-state index contributed by atoms with van der Waals surface area (Å²) in [7, 11) is 0. The molecule has 1 aliphatic heterocycles. The Morgan fingerprint density at radius 3 is 2.18 bits per heavy atom. The van der Waals surface area contributed by atoms with Gasteiger partial charge in [-0.15, -0.1) is 0 Å². The van der Waals surface area contributed by atoms with Gasteiger partial charge >= 0.3 is 18.2 Å². The van der Waals surface area contributed by atoms with Crippen LogP contribution in [-0.4, -0.2) is 24.8 Å². The number of carbonyl (C=O) groups excluding carboxylic acids is 1. The van der Waals surface area contributed by atoms with Crippen molar-refractivity contribution in [2.75, 3.05) is 6.61 Å². The molecule has 0 saturated carbocycles. The van der Waals surface area contributed by atoms with E-state index < -0.39 is 24.8 Å². The number of halogens is 4. The molecule has 0 aromatic heterocycles. The van der Waals surface area contributed by atoms with Gasteiger partial charge in [0.2, 0.25) is 0 Å². The summed E-state index contributed by atoms with van der Waals surface area (Å²) >= 11 is 0. The quantitative estimate of drug-likeness (QED) is 0.401. The third-order valence-electron chi connectivity index (χ3n) is 0.886. The van der Waals surface area contributed by atoms with Crippen LogP contribution in [0.15, 0.2) is 0 Å². The highest BCUT2D eigenvalue weighted by atomic mass is 19.3. The van der Waals surface area contributed by atoms with Gasteiger partial charge in [0.15, 0.2) is 6.61 Å². The molecular weight excluding hydrogens is 172 g/mol. The molecule has 0 aliphatic carbocycles. The number of rotatable bonds is 0. The molecule has 0 N–H and O–H groups in total. The van der Waals surface area contributed by atoms with Crippen LogP contribution >= 0.6 is 0 Å². The Labute approximate surface area is 57.9 Å². The van der Waals surface area contributed by atoms with Crippen molar-refractivity contribution in [3.8, 4) is 0 Å². The van der Waals surface area contributed by atoms with Gasteiger partial charge in [-0.2, -0.15) is 17.6 Å². The molecule has 3 nitrogen and oxygen atoms in total. The minimum atomic E-state index is -4.54. The fourth-order valence-electron chi connectivity index (χ4n) is 0.492. The lowest BCUT2D eigenvalue weighted by molar-refractivity contribution is -0.396. The first kappa shape index (κ1) is 8.25. The van der Waals surface area contributed by atoms with E-state index in [-0.39, 0.29) is 0 Å². The lowest BCUT2D eigenvalue weighted by Gasteiger charge is -2.26. The van der Waals surface area contributed by atoms with Crippen molar-refractivity contribution in [1.82, 2.24) is 0 Å². The molecule has 1 fully saturated rings. The maximum atomic E-state index is 11.9. The van der Waals surface area contributed by atoms with E-state index in [1.54, 1.807) is 0 Å². The van der Waals surface area contributed by atoms with Gasteiger partial charge < -0.3 is 4.74 Å². The maximum absolute atomic E-state index is 11.9. The number of hydrogen-bond acceptors (Lipinski definition) is 3. The predicted octanol–water partition coefficient (Wildman–Crippen LogP) is 0.745. The topological polar surface area (TPSA) is 35.5 Å². The molecule has 1 rings (SSSR count). The second-order valence-corrected chi connectivity index (χ2v) is 1.83. The van der Waals surface area contributed by atoms with Crippen LogP contribution in [0.2, 0.25) is 0 Å². The van der Waals surface area contributed by atoms with Crippen LogP contribution in [0.1, 0.15) is 0 Å². The van der Waals surface area contributed by atoms with Crippen molar-refractivity contribution in [2.24, 2.45) is 0 Å². The summed E-state index contributed by atoms with van der Waals surface area (Å²) < 4.78 is 53.9. The maximum Gasteiger partial charge on any atom is 0.460 e. The van der Waals surface area contributed by atoms with E-state index in [9.17, 15) is 22.4 Å². The third-order valence-corrected chi connectivity index (χ3v) is 0.886. The Morgan fingerprint density at radius 2 is 1.82 bits per heavy atom. The van der Waals surface area contributed by atoms with Crippen molar-refractivity contribution in [2.45, 2.75) is 12.2 Å². The average molecular weight is 174 g/mol. The van der Waals surface area contributed by atoms with Crippen LogP contribution in [0, 0.1) is 0 Å². The molecule has 0 amide bonds. The van der Waals surface area contributed by atoms with Gasteiger partial charge in [0.1, 0.15) is 0 Å². The van der Waals surface area contributed by atoms with Crippen LogP contribution < -0.4 is 0 Å². The van der Waals surface area contributed by atoms with Crippen LogP contribution in [0.5, 0.6) is 0 Å². The van der Waals surface area contributed by atoms with Crippen LogP contribution in [0.25, 0.3) is 0 Å². The van der Waals surface area contributed by atoms with E-state index in [1.165, 1.54) is 0 Å². The van der Waals surface area contributed by atoms with E-state index in [1.807, 2.05) is 0 Å². The zero-order chi connectivity index (χ0) is 8.70. The summed E-state index contributed by atoms with van der Waals surface area (Å²) in [5.41, 5.74) is 0. The average Bonchev–Trinajstić information content (AvgIpc) is 1.77. The second kappa shape index (κ2) is 2.07. The molecule has 0 aromatic carbocycles. The van der Waals surface area contributed by atoms with Gasteiger partial charge in [-0.25, -0.2) is 9.53 Å². The van der Waals surface area contributed by atoms with E-state index in [4.69, 9.17) is 0 Å². The standard InChI is InChI=1S/C4H2F4O3/c5-3(6)1-10-2(9)4(7,8)11-3/h1H2. The highest BCUT2D eigenvalue weighted by molar-refractivity contribution is 5.76. The molecule has 0 radical (unpaired) electrons. The Hall–Kier alpha value is -0.850. The molecule has 0 spiro atoms. The van der Waals surface area contributed by atoms with Crippen molar-refractivity contribution < 1.29 is 31.8 Å². The normalized spacial score (nSPS) is 27.8. The molecule has 11 heavy (non-hydrogen) atoms. The summed E-state index contributed by atoms with van der Waals surface area (Å²) in [6.07, 6.45) is -8.64. The van der Waals surface area contributed by atoms with E-state index in [2.05, 4.69) is 9.47 Å². The summed E-state index contributed by atoms with van der Waals surface area (Å²) in [6.45, 7) is -1.47. The molecule has 0 aromatic rings. The van der Waals surface area contributed by atoms with Gasteiger partial charge in [-0.05, 0) is 0 Å². The van der Waals surface area contributed by atoms with Crippen molar-refractivity contribution in [1.29, 1.82) is 0 Å². The zero-order valence-electron chi connectivity index (χ0n) is 4.94. The summed E-state index contributed by atoms with van der Waals surface area (Å²) in [5.74, 6) is -2.09. The summed E-state index contributed by atoms with van der Waals surface area (Å²) in [5, 5.41) is 0. The minimum absolute atomic E-state index is 1.47. The number of alkyl halides is 4. The summed E-state index contributed by atoms with van der Waals surface area (Å²) in [6, 6.07) is 0. The van der Waals surface area contributed by atoms with Gasteiger partial charge in [0, 0.05) is 0 Å². The molecular formula is C4H2F4O3. The van der Waals surface area contributed by atoms with Gasteiger partial charge in [-0.1, -0.05) is 0 Å². The lowest BCUT2D eigenvalue weighted by Crippen LogP contribution is -2.49. The number of cyclic esters (lactones) is 1. The highest BCUT2D eigenvalue weighted by Gasteiger charge is 2.56. The Bertz CT molecular complexity index is 190. The van der Waals surface area contributed by atoms with Crippen molar-refractivity contribution in [3.63, 3.8) is 0 Å². The Morgan fingerprint density at radius 1 is 1.27 bits per heavy atom. The fourth-order valence-corrected chi connectivity index (χ4v) is 0.492. The zero-order valence-corrected chi connectivity index (χ0v) is 4.94. The van der Waals surface area contributed by atoms with E-state index in [0.29, 0.717) is 0 Å². The SMILES string of the molecule is O=C1OCC(F)(F)OC1(F)F. The molecule has 1 saturated heterocycles. The monoisotopic (exact) mass is 174 g/mol. The smallest absolute Gasteiger partial charge is 0.450 e. The molecule has 1 heterocycles. The predicted molar refractivity (Wildman–Crippen MR) is 21.9 cm³/mol. The highest BCUT2D eigenvalue weighted by Crippen LogP contribution is 2.32. The Kier molecular flexibility index (Phi) is 1.55. The van der Waals surface area contributed by atoms with Crippen LogP contribution in [-0.2, 0) is 14.3 Å². The van der Waals surface area contributed by atoms with Crippen molar-refractivity contribution in [3.05, 3.63) is 0 Å².